The van der Waals surface area contributed by atoms with E-state index in [2.05, 4.69) is 10.3 Å². The quantitative estimate of drug-likeness (QED) is 0.793. The summed E-state index contributed by atoms with van der Waals surface area (Å²) in [5.41, 5.74) is 4.81. The lowest BCUT2D eigenvalue weighted by molar-refractivity contribution is 0.0697. The normalized spacial score (nSPS) is 10.2. The van der Waals surface area contributed by atoms with Gasteiger partial charge in [-0.25, -0.2) is 18.6 Å². The molecule has 5 nitrogen and oxygen atoms in total. The number of para-hydroxylation sites is 1. The molecule has 1 aromatic carbocycles. The molecule has 0 saturated carbocycles. The molecular weight excluding hydrogens is 256 g/mol. The molecule has 0 radical (unpaired) electrons. The van der Waals surface area contributed by atoms with Crippen molar-refractivity contribution in [2.75, 3.05) is 11.1 Å². The molecule has 2 aromatic rings. The predicted molar refractivity (Wildman–Crippen MR) is 65.2 cm³/mol. The van der Waals surface area contributed by atoms with Crippen molar-refractivity contribution in [3.8, 4) is 0 Å². The highest BCUT2D eigenvalue weighted by Crippen LogP contribution is 2.25. The van der Waals surface area contributed by atoms with E-state index >= 15 is 0 Å². The fourth-order valence-electron chi connectivity index (χ4n) is 1.48. The lowest BCUT2D eigenvalue weighted by Crippen LogP contribution is -2.07. The van der Waals surface area contributed by atoms with Gasteiger partial charge in [-0.3, -0.25) is 0 Å². The number of nitrogen functional groups attached to an aromatic ring is 1. The third kappa shape index (κ3) is 2.59. The number of hydrogen-bond donors (Lipinski definition) is 3. The highest BCUT2D eigenvalue weighted by atomic mass is 19.1. The molecule has 19 heavy (non-hydrogen) atoms. The van der Waals surface area contributed by atoms with Crippen LogP contribution in [-0.2, 0) is 0 Å². The summed E-state index contributed by atoms with van der Waals surface area (Å²) in [4.78, 5) is 14.7. The van der Waals surface area contributed by atoms with E-state index in [-0.39, 0.29) is 17.1 Å². The van der Waals surface area contributed by atoms with Crippen molar-refractivity contribution in [3.63, 3.8) is 0 Å². The van der Waals surface area contributed by atoms with Gasteiger partial charge in [-0.2, -0.15) is 0 Å². The molecule has 0 bridgehead atoms. The third-order valence-electron chi connectivity index (χ3n) is 2.35. The molecule has 1 aromatic heterocycles. The van der Waals surface area contributed by atoms with Gasteiger partial charge in [0.25, 0.3) is 0 Å². The zero-order valence-electron chi connectivity index (χ0n) is 9.52. The van der Waals surface area contributed by atoms with Crippen molar-refractivity contribution in [2.45, 2.75) is 0 Å². The number of aromatic nitrogens is 1. The number of hydrogen-bond acceptors (Lipinski definition) is 4. The number of anilines is 3. The Balaban J connectivity index is 2.47. The Bertz CT molecular complexity index is 627. The number of carboxylic acid groups (broad SMARTS) is 1. The van der Waals surface area contributed by atoms with E-state index in [9.17, 15) is 13.6 Å². The summed E-state index contributed by atoms with van der Waals surface area (Å²) in [6, 6.07) is 4.44. The Labute approximate surface area is 106 Å². The van der Waals surface area contributed by atoms with Crippen LogP contribution in [0.4, 0.5) is 26.0 Å². The van der Waals surface area contributed by atoms with Gasteiger partial charge in [0.05, 0.1) is 11.9 Å². The van der Waals surface area contributed by atoms with Crippen molar-refractivity contribution in [1.82, 2.24) is 4.98 Å². The Morgan fingerprint density at radius 1 is 1.32 bits per heavy atom. The Morgan fingerprint density at radius 2 is 1.95 bits per heavy atom. The Morgan fingerprint density at radius 3 is 2.53 bits per heavy atom. The maximum Gasteiger partial charge on any atom is 0.339 e. The van der Waals surface area contributed by atoms with Crippen molar-refractivity contribution >= 4 is 23.2 Å². The van der Waals surface area contributed by atoms with Gasteiger partial charge < -0.3 is 16.2 Å². The van der Waals surface area contributed by atoms with Gasteiger partial charge in [0.2, 0.25) is 0 Å². The first-order valence-electron chi connectivity index (χ1n) is 5.19. The van der Waals surface area contributed by atoms with Crippen LogP contribution in [0.3, 0.4) is 0 Å². The Kier molecular flexibility index (Phi) is 3.28. The first-order chi connectivity index (χ1) is 8.99. The molecule has 0 aliphatic heterocycles. The van der Waals surface area contributed by atoms with Crippen LogP contribution < -0.4 is 11.1 Å². The number of nitrogens with one attached hydrogen (secondary N) is 1. The SMILES string of the molecule is Nc1cnc(Nc2c(F)cccc2F)c(C(=O)O)c1. The van der Waals surface area contributed by atoms with Crippen LogP contribution >= 0.6 is 0 Å². The number of benzene rings is 1. The van der Waals surface area contributed by atoms with Gasteiger partial charge in [0.15, 0.2) is 0 Å². The van der Waals surface area contributed by atoms with Crippen molar-refractivity contribution < 1.29 is 18.7 Å². The van der Waals surface area contributed by atoms with Crippen LogP contribution in [0.15, 0.2) is 30.5 Å². The molecule has 0 atom stereocenters. The molecule has 7 heteroatoms. The average Bonchev–Trinajstić information content (AvgIpc) is 2.35. The van der Waals surface area contributed by atoms with E-state index in [1.807, 2.05) is 0 Å². The summed E-state index contributed by atoms with van der Waals surface area (Å²) < 4.78 is 26.9. The molecule has 0 saturated heterocycles. The van der Waals surface area contributed by atoms with Crippen LogP contribution in [0.5, 0.6) is 0 Å². The minimum atomic E-state index is -1.31. The van der Waals surface area contributed by atoms with Crippen molar-refractivity contribution in [1.29, 1.82) is 0 Å². The minimum Gasteiger partial charge on any atom is -0.478 e. The molecule has 4 N–H and O–H groups in total. The second kappa shape index (κ2) is 4.89. The molecule has 0 unspecified atom stereocenters. The van der Waals surface area contributed by atoms with E-state index in [1.165, 1.54) is 12.3 Å². The van der Waals surface area contributed by atoms with E-state index in [0.717, 1.165) is 18.2 Å². The summed E-state index contributed by atoms with van der Waals surface area (Å²) >= 11 is 0. The standard InChI is InChI=1S/C12H9F2N3O2/c13-8-2-1-3-9(14)10(8)17-11-7(12(18)19)4-6(15)5-16-11/h1-5H,15H2,(H,16,17)(H,18,19). The van der Waals surface area contributed by atoms with Gasteiger partial charge in [-0.1, -0.05) is 6.07 Å². The maximum atomic E-state index is 13.4. The van der Waals surface area contributed by atoms with Crippen molar-refractivity contribution in [3.05, 3.63) is 47.7 Å². The minimum absolute atomic E-state index is 0.136. The summed E-state index contributed by atoms with van der Waals surface area (Å²) in [7, 11) is 0. The summed E-state index contributed by atoms with van der Waals surface area (Å²) in [6.07, 6.45) is 1.19. The van der Waals surface area contributed by atoms with E-state index in [4.69, 9.17) is 10.8 Å². The molecule has 98 valence electrons. The van der Waals surface area contributed by atoms with Crippen LogP contribution in [0, 0.1) is 11.6 Å². The number of aromatic carboxylic acids is 1. The first kappa shape index (κ1) is 12.7. The molecule has 1 heterocycles. The first-order valence-corrected chi connectivity index (χ1v) is 5.19. The lowest BCUT2D eigenvalue weighted by atomic mass is 10.2. The number of pyridine rings is 1. The highest BCUT2D eigenvalue weighted by molar-refractivity contribution is 5.94. The van der Waals surface area contributed by atoms with Gasteiger partial charge in [0, 0.05) is 0 Å². The van der Waals surface area contributed by atoms with Gasteiger partial charge in [-0.05, 0) is 18.2 Å². The van der Waals surface area contributed by atoms with E-state index in [1.54, 1.807) is 0 Å². The van der Waals surface area contributed by atoms with E-state index < -0.39 is 23.3 Å². The van der Waals surface area contributed by atoms with Crippen molar-refractivity contribution in [2.24, 2.45) is 0 Å². The van der Waals surface area contributed by atoms with Gasteiger partial charge >= 0.3 is 5.97 Å². The van der Waals surface area contributed by atoms with Gasteiger partial charge in [0.1, 0.15) is 28.7 Å². The average molecular weight is 265 g/mol. The molecule has 0 spiro atoms. The fraction of sp³-hybridized carbons (Fsp3) is 0. The fourth-order valence-corrected chi connectivity index (χ4v) is 1.48. The molecule has 0 amide bonds. The monoisotopic (exact) mass is 265 g/mol. The van der Waals surface area contributed by atoms with Crippen LogP contribution in [0.1, 0.15) is 10.4 Å². The number of carboxylic acids is 1. The second-order valence-electron chi connectivity index (χ2n) is 3.69. The summed E-state index contributed by atoms with van der Waals surface area (Å²) in [5, 5.41) is 11.3. The second-order valence-corrected chi connectivity index (χ2v) is 3.69. The molecule has 2 rings (SSSR count). The zero-order chi connectivity index (χ0) is 14.0. The number of rotatable bonds is 3. The number of nitrogens with zero attached hydrogens (tertiary/aromatic N) is 1. The maximum absolute atomic E-state index is 13.4. The largest absolute Gasteiger partial charge is 0.478 e. The van der Waals surface area contributed by atoms with Crippen LogP contribution in [-0.4, -0.2) is 16.1 Å². The topological polar surface area (TPSA) is 88.2 Å². The predicted octanol–water partition coefficient (Wildman–Crippen LogP) is 2.38. The summed E-state index contributed by atoms with van der Waals surface area (Å²) in [6.45, 7) is 0. The Hall–Kier alpha value is -2.70. The molecular formula is C12H9F2N3O2. The zero-order valence-corrected chi connectivity index (χ0v) is 9.52. The summed E-state index contributed by atoms with van der Waals surface area (Å²) in [5.74, 6) is -3.20. The molecule has 0 aliphatic carbocycles. The number of nitrogens with two attached hydrogens (primary N) is 1. The van der Waals surface area contributed by atoms with Crippen LogP contribution in [0.2, 0.25) is 0 Å². The lowest BCUT2D eigenvalue weighted by Gasteiger charge is -2.10. The number of carbonyl (C=O) groups is 1. The smallest absolute Gasteiger partial charge is 0.339 e. The van der Waals surface area contributed by atoms with E-state index in [0.29, 0.717) is 0 Å². The molecule has 0 aliphatic rings. The van der Waals surface area contributed by atoms with Gasteiger partial charge in [-0.15, -0.1) is 0 Å². The third-order valence-corrected chi connectivity index (χ3v) is 2.35. The van der Waals surface area contributed by atoms with Crippen LogP contribution in [0.25, 0.3) is 0 Å². The molecule has 0 fully saturated rings. The number of halogens is 2. The highest BCUT2D eigenvalue weighted by Gasteiger charge is 2.15.